The first kappa shape index (κ1) is 27.2. The maximum Gasteiger partial charge on any atom is 0.513 e. The van der Waals surface area contributed by atoms with E-state index in [0.717, 1.165) is 21.0 Å². The van der Waals surface area contributed by atoms with E-state index < -0.39 is 41.5 Å². The number of aromatic nitrogens is 2. The number of hydrogen-bond acceptors (Lipinski definition) is 9. The highest BCUT2D eigenvalue weighted by Crippen LogP contribution is 2.60. The fourth-order valence-electron chi connectivity index (χ4n) is 5.83. The molecule has 2 aromatic heterocycles. The van der Waals surface area contributed by atoms with Crippen LogP contribution < -0.4 is 4.74 Å². The van der Waals surface area contributed by atoms with E-state index in [2.05, 4.69) is 4.98 Å². The van der Waals surface area contributed by atoms with Gasteiger partial charge in [-0.15, -0.1) is 23.1 Å². The van der Waals surface area contributed by atoms with Crippen molar-refractivity contribution in [2.75, 3.05) is 12.9 Å². The lowest BCUT2D eigenvalue weighted by molar-refractivity contribution is -0.167. The lowest BCUT2D eigenvalue weighted by Gasteiger charge is -2.50. The molecule has 4 atom stereocenters. The molecule has 0 radical (unpaired) electrons. The predicted molar refractivity (Wildman–Crippen MR) is 146 cm³/mol. The van der Waals surface area contributed by atoms with E-state index in [1.54, 1.807) is 18.5 Å². The molecule has 2 aliphatic heterocycles. The fourth-order valence-corrected chi connectivity index (χ4v) is 7.79. The Morgan fingerprint density at radius 3 is 2.56 bits per heavy atom. The van der Waals surface area contributed by atoms with Crippen LogP contribution in [-0.2, 0) is 14.3 Å². The SMILES string of the molecule is CSc1ncn2cc(C3=C(C(=O)O)N4C(=O)[C@H]([C@@H](C)O)[C@@H]4C3(C)CCOC(=O)Oc3cc(C)cc(C)c3)sc12. The summed E-state index contributed by atoms with van der Waals surface area (Å²) < 4.78 is 12.6. The minimum atomic E-state index is -1.23. The van der Waals surface area contributed by atoms with E-state index in [-0.39, 0.29) is 18.7 Å². The third kappa shape index (κ3) is 4.50. The Labute approximate surface area is 233 Å². The van der Waals surface area contributed by atoms with Crippen molar-refractivity contribution in [3.63, 3.8) is 0 Å². The van der Waals surface area contributed by atoms with Gasteiger partial charge in [0.05, 0.1) is 29.5 Å². The third-order valence-corrected chi connectivity index (χ3v) is 9.36. The van der Waals surface area contributed by atoms with Crippen LogP contribution in [-0.4, -0.2) is 67.5 Å². The number of carboxylic acids is 1. The number of imidazole rings is 1. The van der Waals surface area contributed by atoms with Crippen molar-refractivity contribution in [2.45, 2.75) is 51.3 Å². The molecule has 1 saturated heterocycles. The van der Waals surface area contributed by atoms with Crippen LogP contribution in [0.5, 0.6) is 5.75 Å². The fraction of sp³-hybridized carbons (Fsp3) is 0.407. The summed E-state index contributed by atoms with van der Waals surface area (Å²) in [4.78, 5) is 45.3. The standard InChI is InChI=1S/C27H29N3O7S2/c1-13-8-14(2)10-16(9-13)37-26(35)36-7-6-27(4)19(17-11-29-12-28-22(38-5)24(29)39-17)20(25(33)34)30-21(27)18(15(3)31)23(30)32/h8-12,15,18,21,31H,6-7H2,1-5H3,(H,33,34)/t15-,18-,21-,27?/m1/s1. The normalized spacial score (nSPS) is 23.1. The number of amides is 1. The van der Waals surface area contributed by atoms with Gasteiger partial charge in [-0.25, -0.2) is 14.6 Å². The molecule has 10 nitrogen and oxygen atoms in total. The molecule has 3 aromatic rings. The highest BCUT2D eigenvalue weighted by atomic mass is 32.2. The number of aliphatic hydroxyl groups is 1. The molecule has 1 amide bonds. The van der Waals surface area contributed by atoms with Gasteiger partial charge < -0.3 is 24.6 Å². The molecule has 2 aliphatic rings. The molecule has 0 spiro atoms. The molecule has 0 saturated carbocycles. The molecule has 0 bridgehead atoms. The van der Waals surface area contributed by atoms with Crippen LogP contribution in [0.2, 0.25) is 0 Å². The van der Waals surface area contributed by atoms with Crippen LogP contribution in [0.15, 0.2) is 41.4 Å². The number of β-lactam (4-membered cyclic amide) rings is 1. The van der Waals surface area contributed by atoms with Crippen LogP contribution in [0.25, 0.3) is 10.4 Å². The highest BCUT2D eigenvalue weighted by molar-refractivity contribution is 7.98. The second-order valence-corrected chi connectivity index (χ2v) is 12.0. The highest BCUT2D eigenvalue weighted by Gasteiger charge is 2.66. The van der Waals surface area contributed by atoms with Gasteiger partial charge in [-0.2, -0.15) is 0 Å². The Morgan fingerprint density at radius 1 is 1.26 bits per heavy atom. The Morgan fingerprint density at radius 2 is 1.95 bits per heavy atom. The number of nitrogens with zero attached hydrogens (tertiary/aromatic N) is 3. The number of rotatable bonds is 8. The van der Waals surface area contributed by atoms with E-state index in [4.69, 9.17) is 9.47 Å². The molecule has 5 rings (SSSR count). The zero-order valence-corrected chi connectivity index (χ0v) is 23.8. The van der Waals surface area contributed by atoms with Crippen molar-refractivity contribution in [1.29, 1.82) is 0 Å². The topological polar surface area (TPSA) is 131 Å². The third-order valence-electron chi connectivity index (χ3n) is 7.42. The number of fused-ring (bicyclic) bond motifs is 2. The van der Waals surface area contributed by atoms with Crippen LogP contribution >= 0.6 is 23.1 Å². The average Bonchev–Trinajstić information content (AvgIpc) is 3.46. The maximum atomic E-state index is 13.1. The zero-order chi connectivity index (χ0) is 28.2. The van der Waals surface area contributed by atoms with E-state index in [1.807, 2.05) is 43.7 Å². The first-order chi connectivity index (χ1) is 18.5. The summed E-state index contributed by atoms with van der Waals surface area (Å²) in [7, 11) is 0. The molecule has 206 valence electrons. The van der Waals surface area contributed by atoms with Gasteiger partial charge in [-0.1, -0.05) is 13.0 Å². The second-order valence-electron chi connectivity index (χ2n) is 10.2. The van der Waals surface area contributed by atoms with Gasteiger partial charge in [0, 0.05) is 17.2 Å². The van der Waals surface area contributed by atoms with Crippen molar-refractivity contribution < 1.29 is 34.1 Å². The second kappa shape index (κ2) is 10.00. The number of carbonyl (C=O) groups is 3. The molecule has 0 aliphatic carbocycles. The number of benzene rings is 1. The first-order valence-electron chi connectivity index (χ1n) is 12.4. The van der Waals surface area contributed by atoms with Gasteiger partial charge in [0.2, 0.25) is 5.91 Å². The monoisotopic (exact) mass is 571 g/mol. The molecular weight excluding hydrogens is 542 g/mol. The number of aryl methyl sites for hydroxylation is 2. The van der Waals surface area contributed by atoms with E-state index in [9.17, 15) is 24.6 Å². The first-order valence-corrected chi connectivity index (χ1v) is 14.4. The number of carbonyl (C=O) groups excluding carboxylic acids is 2. The maximum absolute atomic E-state index is 13.1. The number of thioether (sulfide) groups is 1. The number of aliphatic hydroxyl groups excluding tert-OH is 1. The van der Waals surface area contributed by atoms with E-state index in [1.165, 1.54) is 34.9 Å². The molecule has 1 fully saturated rings. The van der Waals surface area contributed by atoms with E-state index in [0.29, 0.717) is 16.2 Å². The Balaban J connectivity index is 1.47. The van der Waals surface area contributed by atoms with Crippen LogP contribution in [0, 0.1) is 25.2 Å². The molecule has 4 heterocycles. The van der Waals surface area contributed by atoms with Crippen molar-refractivity contribution in [3.8, 4) is 5.75 Å². The van der Waals surface area contributed by atoms with E-state index >= 15 is 0 Å². The number of ether oxygens (including phenoxy) is 2. The summed E-state index contributed by atoms with van der Waals surface area (Å²) in [6.07, 6.45) is 3.75. The number of thiazole rings is 1. The van der Waals surface area contributed by atoms with Crippen LogP contribution in [0.1, 0.15) is 36.3 Å². The number of hydrogen-bond donors (Lipinski definition) is 2. The zero-order valence-electron chi connectivity index (χ0n) is 22.1. The number of aliphatic carboxylic acids is 1. The molecule has 1 aromatic carbocycles. The smallest absolute Gasteiger partial charge is 0.477 e. The van der Waals surface area contributed by atoms with Crippen LogP contribution in [0.4, 0.5) is 4.79 Å². The quantitative estimate of drug-likeness (QED) is 0.175. The molecular formula is C27H29N3O7S2. The summed E-state index contributed by atoms with van der Waals surface area (Å²) in [5, 5.41) is 21.5. The van der Waals surface area contributed by atoms with Crippen molar-refractivity contribution in [2.24, 2.45) is 11.3 Å². The lowest BCUT2D eigenvalue weighted by Crippen LogP contribution is -2.66. The minimum absolute atomic E-state index is 0.0799. The van der Waals surface area contributed by atoms with Crippen molar-refractivity contribution in [1.82, 2.24) is 14.3 Å². The summed E-state index contributed by atoms with van der Waals surface area (Å²) >= 11 is 2.87. The van der Waals surface area contributed by atoms with Crippen molar-refractivity contribution in [3.05, 3.63) is 52.4 Å². The van der Waals surface area contributed by atoms with Crippen LogP contribution in [0.3, 0.4) is 0 Å². The Bertz CT molecular complexity index is 1500. The lowest BCUT2D eigenvalue weighted by atomic mass is 9.66. The number of carboxylic acid groups (broad SMARTS) is 1. The van der Waals surface area contributed by atoms with Gasteiger partial charge in [-0.05, 0) is 56.7 Å². The summed E-state index contributed by atoms with van der Waals surface area (Å²) in [6.45, 7) is 7.11. The van der Waals surface area contributed by atoms with Gasteiger partial charge in [-0.3, -0.25) is 9.20 Å². The Hall–Kier alpha value is -3.35. The molecule has 39 heavy (non-hydrogen) atoms. The van der Waals surface area contributed by atoms with Gasteiger partial charge in [0.1, 0.15) is 27.6 Å². The minimum Gasteiger partial charge on any atom is -0.477 e. The van der Waals surface area contributed by atoms with Gasteiger partial charge >= 0.3 is 12.1 Å². The summed E-state index contributed by atoms with van der Waals surface area (Å²) in [5.74, 6) is -2.07. The largest absolute Gasteiger partial charge is 0.513 e. The average molecular weight is 572 g/mol. The predicted octanol–water partition coefficient (Wildman–Crippen LogP) is 4.36. The van der Waals surface area contributed by atoms with Crippen molar-refractivity contribution >= 4 is 51.5 Å². The molecule has 2 N–H and O–H groups in total. The van der Waals surface area contributed by atoms with Gasteiger partial charge in [0.25, 0.3) is 0 Å². The molecule has 1 unspecified atom stereocenters. The summed E-state index contributed by atoms with van der Waals surface area (Å²) in [5.41, 5.74) is 1.32. The molecule has 12 heteroatoms. The van der Waals surface area contributed by atoms with Gasteiger partial charge in [0.15, 0.2) is 0 Å². The Kier molecular flexibility index (Phi) is 6.98. The summed E-state index contributed by atoms with van der Waals surface area (Å²) in [6, 6.07) is 4.81.